The van der Waals surface area contributed by atoms with Crippen LogP contribution in [0.4, 0.5) is 0 Å². The Balaban J connectivity index is 1.69. The van der Waals surface area contributed by atoms with E-state index >= 15 is 0 Å². The third kappa shape index (κ3) is 4.16. The fourth-order valence-electron chi connectivity index (χ4n) is 2.50. The minimum atomic E-state index is -3.71. The number of nitrogens with one attached hydrogen (secondary N) is 1. The van der Waals surface area contributed by atoms with Crippen molar-refractivity contribution in [2.75, 3.05) is 13.7 Å². The van der Waals surface area contributed by atoms with Crippen LogP contribution in [0.25, 0.3) is 9.75 Å². The highest BCUT2D eigenvalue weighted by molar-refractivity contribution is 7.89. The van der Waals surface area contributed by atoms with Crippen LogP contribution in [0, 0.1) is 6.92 Å². The van der Waals surface area contributed by atoms with Crippen LogP contribution in [-0.2, 0) is 10.0 Å². The molecule has 0 aliphatic heterocycles. The molecule has 0 fully saturated rings. The number of aliphatic hydroxyl groups excluding tert-OH is 1. The molecule has 0 amide bonds. The van der Waals surface area contributed by atoms with Gasteiger partial charge in [0.05, 0.1) is 12.0 Å². The van der Waals surface area contributed by atoms with Gasteiger partial charge < -0.3 is 9.84 Å². The molecule has 0 unspecified atom stereocenters. The molecule has 0 saturated heterocycles. The van der Waals surface area contributed by atoms with Crippen molar-refractivity contribution in [2.45, 2.75) is 17.9 Å². The third-order valence-corrected chi connectivity index (χ3v) is 7.69. The summed E-state index contributed by atoms with van der Waals surface area (Å²) in [6, 6.07) is 12.5. The average molecular weight is 410 g/mol. The summed E-state index contributed by atoms with van der Waals surface area (Å²) in [5.74, 6) is 0.598. The van der Waals surface area contributed by atoms with E-state index in [0.717, 1.165) is 14.6 Å². The molecule has 2 heterocycles. The Morgan fingerprint density at radius 1 is 1.19 bits per heavy atom. The first kappa shape index (κ1) is 19.1. The van der Waals surface area contributed by atoms with Crippen molar-refractivity contribution in [3.63, 3.8) is 0 Å². The third-order valence-electron chi connectivity index (χ3n) is 3.86. The van der Waals surface area contributed by atoms with E-state index < -0.39 is 16.1 Å². The zero-order valence-corrected chi connectivity index (χ0v) is 16.7. The largest absolute Gasteiger partial charge is 0.497 e. The molecule has 0 bridgehead atoms. The summed E-state index contributed by atoms with van der Waals surface area (Å²) in [6.07, 6.45) is -0.901. The quantitative estimate of drug-likeness (QED) is 0.622. The van der Waals surface area contributed by atoms with Crippen molar-refractivity contribution in [2.24, 2.45) is 0 Å². The number of hydrogen-bond acceptors (Lipinski definition) is 6. The molecule has 2 N–H and O–H groups in total. The molecular formula is C18H19NO4S3. The van der Waals surface area contributed by atoms with Gasteiger partial charge in [-0.25, -0.2) is 13.1 Å². The van der Waals surface area contributed by atoms with E-state index in [0.29, 0.717) is 11.3 Å². The molecule has 138 valence electrons. The number of sulfonamides is 1. The van der Waals surface area contributed by atoms with Crippen LogP contribution in [0.3, 0.4) is 0 Å². The predicted molar refractivity (Wildman–Crippen MR) is 106 cm³/mol. The van der Waals surface area contributed by atoms with E-state index in [-0.39, 0.29) is 11.4 Å². The highest BCUT2D eigenvalue weighted by atomic mass is 32.2. The maximum absolute atomic E-state index is 12.5. The SMILES string of the molecule is COc1ccc(S(=O)(=O)NC[C@H](O)c2ccc(-c3cccs3)s2)c(C)c1. The normalized spacial score (nSPS) is 12.9. The van der Waals surface area contributed by atoms with E-state index in [2.05, 4.69) is 4.72 Å². The van der Waals surface area contributed by atoms with Gasteiger partial charge in [-0.3, -0.25) is 0 Å². The second kappa shape index (κ2) is 7.89. The summed E-state index contributed by atoms with van der Waals surface area (Å²) in [5.41, 5.74) is 0.586. The van der Waals surface area contributed by atoms with Crippen molar-refractivity contribution in [3.8, 4) is 15.5 Å². The van der Waals surface area contributed by atoms with Crippen LogP contribution in [0.5, 0.6) is 5.75 Å². The van der Waals surface area contributed by atoms with E-state index in [9.17, 15) is 13.5 Å². The Hall–Kier alpha value is -1.71. The molecule has 0 radical (unpaired) electrons. The van der Waals surface area contributed by atoms with Crippen LogP contribution in [0.2, 0.25) is 0 Å². The summed E-state index contributed by atoms with van der Waals surface area (Å²) < 4.78 is 32.6. The van der Waals surface area contributed by atoms with Crippen molar-refractivity contribution in [3.05, 3.63) is 58.3 Å². The first-order valence-electron chi connectivity index (χ1n) is 7.86. The van der Waals surface area contributed by atoms with Crippen LogP contribution in [0.15, 0.2) is 52.7 Å². The highest BCUT2D eigenvalue weighted by Gasteiger charge is 2.20. The summed E-state index contributed by atoms with van der Waals surface area (Å²) in [7, 11) is -2.18. The topological polar surface area (TPSA) is 75.6 Å². The van der Waals surface area contributed by atoms with Crippen molar-refractivity contribution >= 4 is 32.7 Å². The predicted octanol–water partition coefficient (Wildman–Crippen LogP) is 3.81. The number of aryl methyl sites for hydroxylation is 1. The van der Waals surface area contributed by atoms with Gasteiger partial charge in [0, 0.05) is 21.2 Å². The van der Waals surface area contributed by atoms with Gasteiger partial charge in [0.25, 0.3) is 0 Å². The first-order valence-corrected chi connectivity index (χ1v) is 11.0. The van der Waals surface area contributed by atoms with Crippen molar-refractivity contribution in [1.29, 1.82) is 0 Å². The first-order chi connectivity index (χ1) is 12.4. The number of aliphatic hydroxyl groups is 1. The van der Waals surface area contributed by atoms with Gasteiger partial charge >= 0.3 is 0 Å². The molecule has 1 atom stereocenters. The van der Waals surface area contributed by atoms with Gasteiger partial charge in [0.2, 0.25) is 10.0 Å². The van der Waals surface area contributed by atoms with Crippen LogP contribution < -0.4 is 9.46 Å². The van der Waals surface area contributed by atoms with Gasteiger partial charge in [-0.05, 0) is 54.3 Å². The Labute approximate surface area is 161 Å². The molecule has 1 aromatic carbocycles. The molecule has 0 aliphatic rings. The zero-order valence-electron chi connectivity index (χ0n) is 14.3. The number of hydrogen-bond donors (Lipinski definition) is 2. The second-order valence-corrected chi connectivity index (χ2v) is 9.48. The van der Waals surface area contributed by atoms with E-state index in [1.807, 2.05) is 29.6 Å². The molecule has 2 aromatic heterocycles. The van der Waals surface area contributed by atoms with E-state index in [1.165, 1.54) is 24.5 Å². The summed E-state index contributed by atoms with van der Waals surface area (Å²) in [6.45, 7) is 1.62. The molecule has 3 rings (SSSR count). The Kier molecular flexibility index (Phi) is 5.79. The van der Waals surface area contributed by atoms with Crippen LogP contribution in [-0.4, -0.2) is 27.2 Å². The van der Waals surface area contributed by atoms with Crippen LogP contribution >= 0.6 is 22.7 Å². The smallest absolute Gasteiger partial charge is 0.240 e. The highest BCUT2D eigenvalue weighted by Crippen LogP contribution is 2.34. The molecule has 3 aromatic rings. The van der Waals surface area contributed by atoms with Gasteiger partial charge in [0.1, 0.15) is 11.9 Å². The summed E-state index contributed by atoms with van der Waals surface area (Å²) >= 11 is 3.09. The van der Waals surface area contributed by atoms with Gasteiger partial charge in [-0.15, -0.1) is 22.7 Å². The molecule has 0 spiro atoms. The van der Waals surface area contributed by atoms with Gasteiger partial charge in [-0.1, -0.05) is 6.07 Å². The fraction of sp³-hybridized carbons (Fsp3) is 0.222. The number of rotatable bonds is 7. The molecule has 26 heavy (non-hydrogen) atoms. The fourth-order valence-corrected chi connectivity index (χ4v) is 5.59. The maximum Gasteiger partial charge on any atom is 0.240 e. The lowest BCUT2D eigenvalue weighted by Gasteiger charge is -2.13. The molecule has 0 aliphatic carbocycles. The van der Waals surface area contributed by atoms with E-state index in [4.69, 9.17) is 4.74 Å². The lowest BCUT2D eigenvalue weighted by molar-refractivity contribution is 0.186. The molecule has 8 heteroatoms. The minimum absolute atomic E-state index is 0.0851. The standard InChI is InChI=1S/C18H19NO4S3/c1-12-10-13(23-2)5-8-18(12)26(21,22)19-11-14(20)15-6-7-17(25-15)16-4-3-9-24-16/h3-10,14,19-20H,11H2,1-2H3/t14-/m0/s1. The molecule has 0 saturated carbocycles. The number of methoxy groups -OCH3 is 1. The van der Waals surface area contributed by atoms with Crippen molar-refractivity contribution < 1.29 is 18.3 Å². The van der Waals surface area contributed by atoms with Gasteiger partial charge in [-0.2, -0.15) is 0 Å². The minimum Gasteiger partial charge on any atom is -0.497 e. The monoisotopic (exact) mass is 409 g/mol. The molecule has 5 nitrogen and oxygen atoms in total. The Bertz CT molecular complexity index is 978. The number of benzene rings is 1. The summed E-state index contributed by atoms with van der Waals surface area (Å²) in [5, 5.41) is 12.4. The second-order valence-electron chi connectivity index (χ2n) is 5.68. The van der Waals surface area contributed by atoms with Crippen LogP contribution in [0.1, 0.15) is 16.5 Å². The average Bonchev–Trinajstić information content (AvgIpc) is 3.30. The zero-order chi connectivity index (χ0) is 18.7. The van der Waals surface area contributed by atoms with E-state index in [1.54, 1.807) is 30.4 Å². The number of thiophene rings is 2. The van der Waals surface area contributed by atoms with Crippen molar-refractivity contribution in [1.82, 2.24) is 4.72 Å². The maximum atomic E-state index is 12.5. The Morgan fingerprint density at radius 2 is 2.00 bits per heavy atom. The molecular weight excluding hydrogens is 390 g/mol. The Morgan fingerprint density at radius 3 is 2.65 bits per heavy atom. The lowest BCUT2D eigenvalue weighted by Crippen LogP contribution is -2.28. The number of ether oxygens (including phenoxy) is 1. The summed E-state index contributed by atoms with van der Waals surface area (Å²) in [4.78, 5) is 3.09. The lowest BCUT2D eigenvalue weighted by atomic mass is 10.2. The van der Waals surface area contributed by atoms with Gasteiger partial charge in [0.15, 0.2) is 0 Å².